The maximum atomic E-state index is 6.45. The normalized spacial score (nSPS) is 32.4. The monoisotopic (exact) mass is 283 g/mol. The van der Waals surface area contributed by atoms with E-state index in [9.17, 15) is 0 Å². The molecule has 1 aliphatic carbocycles. The summed E-state index contributed by atoms with van der Waals surface area (Å²) in [6.07, 6.45) is 5.31. The minimum absolute atomic E-state index is 0.0348. The van der Waals surface area contributed by atoms with Crippen LogP contribution in [-0.4, -0.2) is 37.0 Å². The first kappa shape index (κ1) is 16.3. The predicted octanol–water partition coefficient (Wildman–Crippen LogP) is 3.37. The number of hydrogen-bond donors (Lipinski definition) is 1. The Morgan fingerprint density at radius 3 is 2.20 bits per heavy atom. The number of hydrogen-bond acceptors (Lipinski definition) is 3. The molecule has 3 nitrogen and oxygen atoms in total. The van der Waals surface area contributed by atoms with Crippen LogP contribution in [0, 0.1) is 11.8 Å². The van der Waals surface area contributed by atoms with Crippen molar-refractivity contribution >= 4 is 0 Å². The smallest absolute Gasteiger partial charge is 0.105 e. The summed E-state index contributed by atoms with van der Waals surface area (Å²) in [5.41, 5.74) is 0.189. The van der Waals surface area contributed by atoms with Crippen molar-refractivity contribution in [3.63, 3.8) is 0 Å². The third-order valence-corrected chi connectivity index (χ3v) is 4.85. The zero-order chi connectivity index (χ0) is 14.8. The lowest BCUT2D eigenvalue weighted by molar-refractivity contribution is -0.204. The van der Waals surface area contributed by atoms with E-state index in [-0.39, 0.29) is 11.1 Å². The maximum Gasteiger partial charge on any atom is 0.105 e. The molecule has 1 saturated carbocycles. The number of nitrogens with one attached hydrogen (secondary N) is 1. The van der Waals surface area contributed by atoms with Gasteiger partial charge in [-0.15, -0.1) is 0 Å². The summed E-state index contributed by atoms with van der Waals surface area (Å²) in [6, 6.07) is 0. The Morgan fingerprint density at radius 1 is 1.20 bits per heavy atom. The summed E-state index contributed by atoms with van der Waals surface area (Å²) in [5, 5.41) is 3.66. The van der Waals surface area contributed by atoms with Gasteiger partial charge in [0.15, 0.2) is 0 Å². The lowest BCUT2D eigenvalue weighted by Crippen LogP contribution is -2.55. The molecule has 2 aliphatic rings. The predicted molar refractivity (Wildman–Crippen MR) is 83.0 cm³/mol. The minimum atomic E-state index is 0.0348. The van der Waals surface area contributed by atoms with Crippen molar-refractivity contribution in [1.82, 2.24) is 5.32 Å². The van der Waals surface area contributed by atoms with Crippen LogP contribution in [0.25, 0.3) is 0 Å². The molecule has 0 aromatic rings. The molecule has 0 atom stereocenters. The number of rotatable bonds is 5. The first-order chi connectivity index (χ1) is 9.30. The molecule has 118 valence electrons. The van der Waals surface area contributed by atoms with E-state index >= 15 is 0 Å². The molecule has 0 unspecified atom stereocenters. The average Bonchev–Trinajstić information content (AvgIpc) is 2.32. The van der Waals surface area contributed by atoms with Crippen LogP contribution in [0.2, 0.25) is 0 Å². The van der Waals surface area contributed by atoms with Crippen LogP contribution < -0.4 is 5.32 Å². The Morgan fingerprint density at radius 2 is 1.80 bits per heavy atom. The van der Waals surface area contributed by atoms with Gasteiger partial charge in [-0.1, -0.05) is 13.8 Å². The largest absolute Gasteiger partial charge is 0.376 e. The van der Waals surface area contributed by atoms with Gasteiger partial charge in [-0.3, -0.25) is 0 Å². The lowest BCUT2D eigenvalue weighted by atomic mass is 9.74. The quantitative estimate of drug-likeness (QED) is 0.839. The summed E-state index contributed by atoms with van der Waals surface area (Å²) >= 11 is 0. The zero-order valence-corrected chi connectivity index (χ0v) is 14.0. The summed E-state index contributed by atoms with van der Waals surface area (Å²) in [6.45, 7) is 13.9. The Labute approximate surface area is 124 Å². The van der Waals surface area contributed by atoms with E-state index < -0.39 is 0 Å². The van der Waals surface area contributed by atoms with E-state index in [0.717, 1.165) is 31.6 Å². The topological polar surface area (TPSA) is 30.5 Å². The van der Waals surface area contributed by atoms with Gasteiger partial charge in [0.25, 0.3) is 0 Å². The van der Waals surface area contributed by atoms with Crippen LogP contribution >= 0.6 is 0 Å². The molecule has 0 amide bonds. The molecule has 1 heterocycles. The van der Waals surface area contributed by atoms with Crippen LogP contribution in [-0.2, 0) is 9.47 Å². The van der Waals surface area contributed by atoms with Crippen molar-refractivity contribution in [2.24, 2.45) is 11.8 Å². The van der Waals surface area contributed by atoms with Crippen molar-refractivity contribution in [3.05, 3.63) is 0 Å². The molecule has 0 aromatic heterocycles. The molecular weight excluding hydrogens is 250 g/mol. The highest BCUT2D eigenvalue weighted by molar-refractivity contribution is 4.93. The molecular formula is C17H33NO2. The molecule has 3 heteroatoms. The van der Waals surface area contributed by atoms with E-state index in [1.165, 1.54) is 25.7 Å². The lowest BCUT2D eigenvalue weighted by Gasteiger charge is -2.46. The molecule has 1 saturated heterocycles. The van der Waals surface area contributed by atoms with Crippen LogP contribution in [0.5, 0.6) is 0 Å². The van der Waals surface area contributed by atoms with E-state index in [2.05, 4.69) is 39.9 Å². The molecule has 2 rings (SSSR count). The molecule has 0 bridgehead atoms. The van der Waals surface area contributed by atoms with Crippen molar-refractivity contribution in [2.45, 2.75) is 77.5 Å². The van der Waals surface area contributed by atoms with E-state index in [1.54, 1.807) is 0 Å². The maximum absolute atomic E-state index is 6.45. The van der Waals surface area contributed by atoms with Crippen LogP contribution in [0.3, 0.4) is 0 Å². The molecule has 0 radical (unpaired) electrons. The van der Waals surface area contributed by atoms with Crippen molar-refractivity contribution in [3.8, 4) is 0 Å². The van der Waals surface area contributed by atoms with Gasteiger partial charge in [-0.05, 0) is 58.3 Å². The fourth-order valence-electron chi connectivity index (χ4n) is 3.23. The van der Waals surface area contributed by atoms with E-state index in [1.807, 2.05) is 0 Å². The van der Waals surface area contributed by atoms with Gasteiger partial charge in [0.1, 0.15) is 6.10 Å². The van der Waals surface area contributed by atoms with Crippen LogP contribution in [0.4, 0.5) is 0 Å². The summed E-state index contributed by atoms with van der Waals surface area (Å²) < 4.78 is 11.7. The first-order valence-corrected chi connectivity index (χ1v) is 8.30. The van der Waals surface area contributed by atoms with Crippen LogP contribution in [0.15, 0.2) is 0 Å². The standard InChI is InChI=1S/C17H33NO2/c1-13(2)14-6-8-17(9-7-14,12-18-16(3,4)5)20-15-10-19-11-15/h13-15,18H,6-12H2,1-5H3. The second-order valence-corrected chi connectivity index (χ2v) is 8.15. The Bertz CT molecular complexity index is 297. The highest BCUT2D eigenvalue weighted by atomic mass is 16.6. The second-order valence-electron chi connectivity index (χ2n) is 8.15. The van der Waals surface area contributed by atoms with E-state index in [0.29, 0.717) is 6.10 Å². The fraction of sp³-hybridized carbons (Fsp3) is 1.00. The third-order valence-electron chi connectivity index (χ3n) is 4.85. The van der Waals surface area contributed by atoms with Gasteiger partial charge in [-0.2, -0.15) is 0 Å². The van der Waals surface area contributed by atoms with Crippen molar-refractivity contribution in [1.29, 1.82) is 0 Å². The Kier molecular flexibility index (Phi) is 5.14. The highest BCUT2D eigenvalue weighted by Gasteiger charge is 2.40. The minimum Gasteiger partial charge on any atom is -0.376 e. The summed E-state index contributed by atoms with van der Waals surface area (Å²) in [4.78, 5) is 0. The van der Waals surface area contributed by atoms with Gasteiger partial charge in [-0.25, -0.2) is 0 Å². The molecule has 20 heavy (non-hydrogen) atoms. The molecule has 2 fully saturated rings. The number of ether oxygens (including phenoxy) is 2. The third kappa shape index (κ3) is 4.44. The van der Waals surface area contributed by atoms with Gasteiger partial charge in [0, 0.05) is 12.1 Å². The van der Waals surface area contributed by atoms with Crippen molar-refractivity contribution in [2.75, 3.05) is 19.8 Å². The molecule has 1 N–H and O–H groups in total. The second kappa shape index (κ2) is 6.33. The zero-order valence-electron chi connectivity index (χ0n) is 14.0. The molecule has 0 spiro atoms. The highest BCUT2D eigenvalue weighted by Crippen LogP contribution is 2.39. The summed E-state index contributed by atoms with van der Waals surface area (Å²) in [5.74, 6) is 1.68. The van der Waals surface area contributed by atoms with Gasteiger partial charge >= 0.3 is 0 Å². The van der Waals surface area contributed by atoms with E-state index in [4.69, 9.17) is 9.47 Å². The molecule has 1 aliphatic heterocycles. The Balaban J connectivity index is 1.94. The van der Waals surface area contributed by atoms with Crippen molar-refractivity contribution < 1.29 is 9.47 Å². The first-order valence-electron chi connectivity index (χ1n) is 8.30. The van der Waals surface area contributed by atoms with Gasteiger partial charge < -0.3 is 14.8 Å². The average molecular weight is 283 g/mol. The molecule has 0 aromatic carbocycles. The Hall–Kier alpha value is -0.120. The van der Waals surface area contributed by atoms with Crippen LogP contribution in [0.1, 0.15) is 60.3 Å². The SMILES string of the molecule is CC(C)C1CCC(CNC(C)(C)C)(OC2COC2)CC1. The summed E-state index contributed by atoms with van der Waals surface area (Å²) in [7, 11) is 0. The van der Waals surface area contributed by atoms with Gasteiger partial charge in [0.05, 0.1) is 18.8 Å². The fourth-order valence-corrected chi connectivity index (χ4v) is 3.23. The van der Waals surface area contributed by atoms with Gasteiger partial charge in [0.2, 0.25) is 0 Å².